The molecular weight excluding hydrogens is 451 g/mol. The van der Waals surface area contributed by atoms with Gasteiger partial charge in [-0.3, -0.25) is 0 Å². The summed E-state index contributed by atoms with van der Waals surface area (Å²) < 4.78 is 55.3. The summed E-state index contributed by atoms with van der Waals surface area (Å²) in [6.07, 6.45) is 2.58. The molecule has 0 bridgehead atoms. The van der Waals surface area contributed by atoms with Gasteiger partial charge in [-0.15, -0.1) is 15.4 Å². The van der Waals surface area contributed by atoms with E-state index in [1.54, 1.807) is 4.90 Å². The highest BCUT2D eigenvalue weighted by Crippen LogP contribution is 2.40. The Hall–Kier alpha value is -1.68. The minimum atomic E-state index is -4.11. The Labute approximate surface area is 174 Å². The first-order valence-electron chi connectivity index (χ1n) is 8.25. The minimum Gasteiger partial charge on any atom is -0.349 e. The van der Waals surface area contributed by atoms with E-state index in [9.17, 15) is 17.2 Å². The second-order valence-corrected chi connectivity index (χ2v) is 10.3. The molecule has 1 aliphatic rings. The van der Waals surface area contributed by atoms with Crippen LogP contribution in [0.5, 0.6) is 0 Å². The Balaban J connectivity index is 1.78. The smallest absolute Gasteiger partial charge is 0.287 e. The maximum Gasteiger partial charge on any atom is 0.287 e. The molecule has 2 aromatic heterocycles. The highest BCUT2D eigenvalue weighted by molar-refractivity contribution is 7.90. The molecule has 0 N–H and O–H groups in total. The van der Waals surface area contributed by atoms with Gasteiger partial charge in [0.2, 0.25) is 0 Å². The van der Waals surface area contributed by atoms with E-state index >= 15 is 0 Å². The summed E-state index contributed by atoms with van der Waals surface area (Å²) >= 11 is 12.9. The summed E-state index contributed by atoms with van der Waals surface area (Å²) in [4.78, 5) is 1.56. The van der Waals surface area contributed by atoms with Crippen LogP contribution in [0.25, 0.3) is 0 Å². The fourth-order valence-corrected chi connectivity index (χ4v) is 6.79. The predicted molar refractivity (Wildman–Crippen MR) is 105 cm³/mol. The van der Waals surface area contributed by atoms with Gasteiger partial charge >= 0.3 is 0 Å². The summed E-state index contributed by atoms with van der Waals surface area (Å²) in [6, 6.07) is 5.54. The summed E-state index contributed by atoms with van der Waals surface area (Å²) in [5.41, 5.74) is 0.180. The second kappa shape index (κ2) is 7.29. The highest BCUT2D eigenvalue weighted by Gasteiger charge is 2.34. The predicted octanol–water partition coefficient (Wildman–Crippen LogP) is 5.11. The number of nitrogens with zero attached hydrogens (tertiary/aromatic N) is 3. The van der Waals surface area contributed by atoms with Crippen molar-refractivity contribution < 1.29 is 17.2 Å². The lowest BCUT2D eigenvalue weighted by atomic mass is 10.0. The molecule has 28 heavy (non-hydrogen) atoms. The zero-order chi connectivity index (χ0) is 20.1. The Morgan fingerprint density at radius 1 is 1.18 bits per heavy atom. The van der Waals surface area contributed by atoms with Gasteiger partial charge in [0.05, 0.1) is 16.6 Å². The molecule has 0 spiro atoms. The summed E-state index contributed by atoms with van der Waals surface area (Å²) in [6.45, 7) is 0.472. The monoisotopic (exact) mass is 463 g/mol. The summed E-state index contributed by atoms with van der Waals surface area (Å²) in [5, 5.41) is 3.95. The first kappa shape index (κ1) is 19.6. The average Bonchev–Trinajstić information content (AvgIpc) is 3.35. The largest absolute Gasteiger partial charge is 0.349 e. The SMILES string of the molecule is O=S(=O)(c1cc(Cl)sc1Cl)n1nccc1N1CCC[C@@H]1c1cc(F)ccc1F. The Bertz CT molecular complexity index is 1150. The van der Waals surface area contributed by atoms with E-state index in [1.165, 1.54) is 18.3 Å². The molecule has 0 aliphatic carbocycles. The van der Waals surface area contributed by atoms with E-state index in [0.717, 1.165) is 33.6 Å². The first-order chi connectivity index (χ1) is 13.3. The molecule has 0 unspecified atom stereocenters. The van der Waals surface area contributed by atoms with Crippen molar-refractivity contribution in [2.75, 3.05) is 11.4 Å². The van der Waals surface area contributed by atoms with Gasteiger partial charge < -0.3 is 4.90 Å². The van der Waals surface area contributed by atoms with Gasteiger partial charge in [0.25, 0.3) is 10.0 Å². The van der Waals surface area contributed by atoms with Crippen molar-refractivity contribution in [1.29, 1.82) is 0 Å². The lowest BCUT2D eigenvalue weighted by Gasteiger charge is -2.27. The second-order valence-electron chi connectivity index (χ2n) is 6.24. The minimum absolute atomic E-state index is 0.0283. The zero-order valence-corrected chi connectivity index (χ0v) is 17.3. The third-order valence-corrected chi connectivity index (χ3v) is 7.93. The third-order valence-electron chi connectivity index (χ3n) is 4.59. The van der Waals surface area contributed by atoms with Crippen molar-refractivity contribution in [3.63, 3.8) is 0 Å². The molecular formula is C17H13Cl2F2N3O2S2. The van der Waals surface area contributed by atoms with Crippen molar-refractivity contribution in [3.8, 4) is 0 Å². The summed E-state index contributed by atoms with van der Waals surface area (Å²) in [7, 11) is -4.11. The van der Waals surface area contributed by atoms with Crippen LogP contribution >= 0.6 is 34.5 Å². The fourth-order valence-electron chi connectivity index (χ4n) is 3.40. The molecule has 4 rings (SSSR count). The van der Waals surface area contributed by atoms with E-state index in [4.69, 9.17) is 23.2 Å². The van der Waals surface area contributed by atoms with E-state index in [-0.39, 0.29) is 24.9 Å². The number of halogens is 4. The molecule has 0 amide bonds. The quantitative estimate of drug-likeness (QED) is 0.539. The van der Waals surface area contributed by atoms with E-state index in [1.807, 2.05) is 0 Å². The van der Waals surface area contributed by atoms with Gasteiger partial charge in [-0.05, 0) is 37.1 Å². The molecule has 5 nitrogen and oxygen atoms in total. The van der Waals surface area contributed by atoms with Crippen LogP contribution in [0.4, 0.5) is 14.6 Å². The number of benzene rings is 1. The molecule has 11 heteroatoms. The molecule has 148 valence electrons. The number of hydrogen-bond acceptors (Lipinski definition) is 5. The Kier molecular flexibility index (Phi) is 5.11. The maximum absolute atomic E-state index is 14.3. The number of thiophene rings is 1. The van der Waals surface area contributed by atoms with Gasteiger partial charge in [0.15, 0.2) is 0 Å². The van der Waals surface area contributed by atoms with E-state index in [2.05, 4.69) is 5.10 Å². The standard InChI is InChI=1S/C17H13Cl2F2N3O2S2/c18-15-9-14(17(19)27-15)28(25,26)24-16(5-6-22-24)23-7-1-2-13(23)11-8-10(20)3-4-12(11)21/h3-6,8-9,13H,1-2,7H2/t13-/m1/s1. The molecule has 1 aromatic carbocycles. The van der Waals surface area contributed by atoms with Crippen LogP contribution in [0.1, 0.15) is 24.4 Å². The van der Waals surface area contributed by atoms with Gasteiger partial charge in [0, 0.05) is 18.2 Å². The van der Waals surface area contributed by atoms with Gasteiger partial charge in [0.1, 0.15) is 26.7 Å². The van der Waals surface area contributed by atoms with Crippen molar-refractivity contribution in [2.24, 2.45) is 0 Å². The lowest BCUT2D eigenvalue weighted by molar-refractivity contribution is 0.557. The topological polar surface area (TPSA) is 55.2 Å². The number of hydrogen-bond donors (Lipinski definition) is 0. The molecule has 3 aromatic rings. The lowest BCUT2D eigenvalue weighted by Crippen LogP contribution is -2.28. The first-order valence-corrected chi connectivity index (χ1v) is 11.3. The van der Waals surface area contributed by atoms with Gasteiger partial charge in [-0.2, -0.15) is 13.5 Å². The fraction of sp³-hybridized carbons (Fsp3) is 0.235. The normalized spacial score (nSPS) is 17.4. The number of anilines is 1. The number of aromatic nitrogens is 2. The van der Waals surface area contributed by atoms with Crippen LogP contribution in [0, 0.1) is 11.6 Å². The van der Waals surface area contributed by atoms with Crippen molar-refractivity contribution in [1.82, 2.24) is 9.19 Å². The van der Waals surface area contributed by atoms with Gasteiger partial charge in [-0.25, -0.2) is 8.78 Å². The summed E-state index contributed by atoms with van der Waals surface area (Å²) in [5.74, 6) is -0.839. The molecule has 0 saturated carbocycles. The average molecular weight is 464 g/mol. The number of rotatable bonds is 4. The third kappa shape index (κ3) is 3.30. The van der Waals surface area contributed by atoms with Crippen LogP contribution in [-0.2, 0) is 10.0 Å². The zero-order valence-electron chi connectivity index (χ0n) is 14.1. The Morgan fingerprint density at radius 2 is 1.96 bits per heavy atom. The maximum atomic E-state index is 14.3. The van der Waals surface area contributed by atoms with Crippen molar-refractivity contribution in [2.45, 2.75) is 23.8 Å². The molecule has 3 heterocycles. The highest BCUT2D eigenvalue weighted by atomic mass is 35.5. The van der Waals surface area contributed by atoms with Crippen LogP contribution in [0.15, 0.2) is 41.4 Å². The van der Waals surface area contributed by atoms with E-state index < -0.39 is 27.7 Å². The van der Waals surface area contributed by atoms with Crippen LogP contribution in [0.2, 0.25) is 8.67 Å². The van der Waals surface area contributed by atoms with Crippen LogP contribution < -0.4 is 4.90 Å². The van der Waals surface area contributed by atoms with E-state index in [0.29, 0.717) is 19.4 Å². The van der Waals surface area contributed by atoms with Gasteiger partial charge in [-0.1, -0.05) is 23.2 Å². The molecule has 1 aliphatic heterocycles. The molecule has 1 saturated heterocycles. The van der Waals surface area contributed by atoms with Crippen molar-refractivity contribution in [3.05, 3.63) is 62.4 Å². The van der Waals surface area contributed by atoms with Crippen LogP contribution in [0.3, 0.4) is 0 Å². The molecule has 0 radical (unpaired) electrons. The molecule has 1 atom stereocenters. The van der Waals surface area contributed by atoms with Crippen LogP contribution in [-0.4, -0.2) is 24.1 Å². The Morgan fingerprint density at radius 3 is 2.68 bits per heavy atom. The molecule has 1 fully saturated rings. The van der Waals surface area contributed by atoms with Crippen molar-refractivity contribution >= 4 is 50.4 Å².